The predicted molar refractivity (Wildman–Crippen MR) is 128 cm³/mol. The number of thioether (sulfide) groups is 1. The fourth-order valence-corrected chi connectivity index (χ4v) is 4.78. The third-order valence-corrected chi connectivity index (χ3v) is 6.65. The average Bonchev–Trinajstić information content (AvgIpc) is 3.32. The molecule has 0 spiro atoms. The Kier molecular flexibility index (Phi) is 5.20. The molecule has 2 aliphatic heterocycles. The standard InChI is InChI=1S/C24H18F3N5OS/c1-13-8-9-19-17(10-13)16(14(2)31(19)12-15-6-4-3-5-7-15)11-18-20(28)32-23(29-21(18)33)34-22(30-32)24(25,26)27/h3-11,28H,12H2,1-2H3/b18-11-,28-20?. The van der Waals surface area contributed by atoms with Crippen LogP contribution in [0.3, 0.4) is 0 Å². The van der Waals surface area contributed by atoms with Crippen LogP contribution in [0.25, 0.3) is 17.0 Å². The molecule has 34 heavy (non-hydrogen) atoms. The van der Waals surface area contributed by atoms with E-state index in [4.69, 9.17) is 5.41 Å². The lowest BCUT2D eigenvalue weighted by atomic mass is 10.0. The Hall–Kier alpha value is -3.66. The quantitative estimate of drug-likeness (QED) is 0.503. The van der Waals surface area contributed by atoms with Crippen molar-refractivity contribution in [3.05, 3.63) is 76.5 Å². The number of hydrazone groups is 1. The summed E-state index contributed by atoms with van der Waals surface area (Å²) in [5.74, 6) is -1.20. The highest BCUT2D eigenvalue weighted by Crippen LogP contribution is 2.36. The van der Waals surface area contributed by atoms with E-state index < -0.39 is 23.0 Å². The Morgan fingerprint density at radius 2 is 1.85 bits per heavy atom. The lowest BCUT2D eigenvalue weighted by Gasteiger charge is -2.20. The van der Waals surface area contributed by atoms with Gasteiger partial charge in [0.1, 0.15) is 0 Å². The Labute approximate surface area is 197 Å². The van der Waals surface area contributed by atoms with Crippen LogP contribution >= 0.6 is 11.8 Å². The Balaban J connectivity index is 1.63. The number of carbonyl (C=O) groups excluding carboxylic acids is 1. The molecule has 5 rings (SSSR count). The van der Waals surface area contributed by atoms with E-state index >= 15 is 0 Å². The fraction of sp³-hybridized carbons (Fsp3) is 0.167. The summed E-state index contributed by atoms with van der Waals surface area (Å²) in [6.07, 6.45) is -3.15. The van der Waals surface area contributed by atoms with Gasteiger partial charge in [-0.1, -0.05) is 42.0 Å². The zero-order valence-corrected chi connectivity index (χ0v) is 19.0. The van der Waals surface area contributed by atoms with Crippen molar-refractivity contribution >= 4 is 50.7 Å². The van der Waals surface area contributed by atoms with Gasteiger partial charge < -0.3 is 4.57 Å². The minimum absolute atomic E-state index is 0.111. The summed E-state index contributed by atoms with van der Waals surface area (Å²) < 4.78 is 41.4. The van der Waals surface area contributed by atoms with Crippen LogP contribution in [-0.2, 0) is 11.3 Å². The number of aryl methyl sites for hydroxylation is 1. The van der Waals surface area contributed by atoms with E-state index in [1.165, 1.54) is 6.08 Å². The monoisotopic (exact) mass is 481 g/mol. The van der Waals surface area contributed by atoms with Gasteiger partial charge in [-0.3, -0.25) is 10.2 Å². The minimum Gasteiger partial charge on any atom is -0.340 e. The number of hydrogen-bond acceptors (Lipinski definition) is 4. The van der Waals surface area contributed by atoms with Gasteiger partial charge in [0, 0.05) is 28.7 Å². The number of carbonyl (C=O) groups is 1. The summed E-state index contributed by atoms with van der Waals surface area (Å²) >= 11 is 0.238. The van der Waals surface area contributed by atoms with Gasteiger partial charge in [0.15, 0.2) is 5.84 Å². The summed E-state index contributed by atoms with van der Waals surface area (Å²) in [5, 5.41) is 12.1. The fourth-order valence-electron chi connectivity index (χ4n) is 4.02. The molecule has 0 fully saturated rings. The van der Waals surface area contributed by atoms with Gasteiger partial charge in [0.25, 0.3) is 5.91 Å². The highest BCUT2D eigenvalue weighted by atomic mass is 32.2. The summed E-state index contributed by atoms with van der Waals surface area (Å²) in [6, 6.07) is 15.9. The van der Waals surface area contributed by atoms with Gasteiger partial charge in [-0.25, -0.2) is 0 Å². The molecule has 0 saturated heterocycles. The molecule has 172 valence electrons. The van der Waals surface area contributed by atoms with Crippen molar-refractivity contribution in [2.45, 2.75) is 26.6 Å². The number of nitrogens with one attached hydrogen (secondary N) is 1. The second-order valence-corrected chi connectivity index (χ2v) is 8.97. The van der Waals surface area contributed by atoms with Crippen LogP contribution in [0.1, 0.15) is 22.4 Å². The number of amides is 1. The number of amidine groups is 2. The van der Waals surface area contributed by atoms with Crippen LogP contribution in [0.2, 0.25) is 0 Å². The van der Waals surface area contributed by atoms with E-state index in [9.17, 15) is 18.0 Å². The molecule has 0 atom stereocenters. The van der Waals surface area contributed by atoms with Gasteiger partial charge in [0.05, 0.1) is 5.57 Å². The molecule has 0 bridgehead atoms. The van der Waals surface area contributed by atoms with Crippen LogP contribution in [-0.4, -0.2) is 37.7 Å². The molecule has 1 amide bonds. The van der Waals surface area contributed by atoms with Crippen molar-refractivity contribution in [2.24, 2.45) is 10.1 Å². The molecule has 0 saturated carbocycles. The molecule has 10 heteroatoms. The Morgan fingerprint density at radius 3 is 2.56 bits per heavy atom. The zero-order chi connectivity index (χ0) is 24.2. The van der Waals surface area contributed by atoms with Gasteiger partial charge in [-0.15, -0.1) is 0 Å². The van der Waals surface area contributed by atoms with Crippen molar-refractivity contribution < 1.29 is 18.0 Å². The molecule has 6 nitrogen and oxygen atoms in total. The summed E-state index contributed by atoms with van der Waals surface area (Å²) in [4.78, 5) is 16.5. The molecule has 2 aromatic carbocycles. The number of fused-ring (bicyclic) bond motifs is 2. The summed E-state index contributed by atoms with van der Waals surface area (Å²) in [6.45, 7) is 4.48. The van der Waals surface area contributed by atoms with Gasteiger partial charge in [-0.2, -0.15) is 28.3 Å². The number of alkyl halides is 3. The molecule has 1 aromatic heterocycles. The number of aromatic nitrogens is 1. The topological polar surface area (TPSA) is 73.8 Å². The third kappa shape index (κ3) is 3.73. The smallest absolute Gasteiger partial charge is 0.340 e. The highest BCUT2D eigenvalue weighted by Gasteiger charge is 2.46. The lowest BCUT2D eigenvalue weighted by Crippen LogP contribution is -2.35. The summed E-state index contributed by atoms with van der Waals surface area (Å²) in [5.41, 5.74) is 4.54. The van der Waals surface area contributed by atoms with E-state index in [1.807, 2.05) is 62.4 Å². The van der Waals surface area contributed by atoms with E-state index in [2.05, 4.69) is 14.7 Å². The number of benzene rings is 2. The van der Waals surface area contributed by atoms with E-state index in [0.29, 0.717) is 12.1 Å². The van der Waals surface area contributed by atoms with Crippen molar-refractivity contribution in [1.29, 1.82) is 5.41 Å². The number of hydrogen-bond donors (Lipinski definition) is 1. The Morgan fingerprint density at radius 1 is 1.12 bits per heavy atom. The maximum Gasteiger partial charge on any atom is 0.441 e. The largest absolute Gasteiger partial charge is 0.441 e. The second kappa shape index (κ2) is 7.98. The number of halogens is 3. The van der Waals surface area contributed by atoms with Crippen LogP contribution in [0.5, 0.6) is 0 Å². The molecule has 3 heterocycles. The molecular formula is C24H18F3N5OS. The maximum atomic E-state index is 13.1. The van der Waals surface area contributed by atoms with Crippen molar-refractivity contribution in [3.8, 4) is 0 Å². The molecule has 0 aliphatic carbocycles. The lowest BCUT2D eigenvalue weighted by molar-refractivity contribution is -0.114. The second-order valence-electron chi connectivity index (χ2n) is 8.01. The third-order valence-electron chi connectivity index (χ3n) is 5.70. The van der Waals surface area contributed by atoms with E-state index in [1.54, 1.807) is 0 Å². The minimum atomic E-state index is -4.68. The van der Waals surface area contributed by atoms with Crippen molar-refractivity contribution in [3.63, 3.8) is 0 Å². The van der Waals surface area contributed by atoms with Crippen LogP contribution in [0.15, 0.2) is 64.2 Å². The Bertz CT molecular complexity index is 1450. The van der Waals surface area contributed by atoms with Crippen LogP contribution in [0.4, 0.5) is 13.2 Å². The van der Waals surface area contributed by atoms with Crippen molar-refractivity contribution in [1.82, 2.24) is 9.58 Å². The first-order valence-electron chi connectivity index (χ1n) is 10.3. The van der Waals surface area contributed by atoms with E-state index in [0.717, 1.165) is 32.7 Å². The zero-order valence-electron chi connectivity index (χ0n) is 18.1. The van der Waals surface area contributed by atoms with Crippen molar-refractivity contribution in [2.75, 3.05) is 0 Å². The summed E-state index contributed by atoms with van der Waals surface area (Å²) in [7, 11) is 0. The molecule has 0 radical (unpaired) electrons. The SMILES string of the molecule is Cc1ccc2c(c1)c(/C=C1/C(=N)N3N=C(C(F)(F)F)SC3=NC1=O)c(C)n2Cc1ccccc1. The number of nitrogens with zero attached hydrogens (tertiary/aromatic N) is 4. The first-order chi connectivity index (χ1) is 16.1. The maximum absolute atomic E-state index is 13.1. The normalized spacial score (nSPS) is 17.4. The molecule has 3 aromatic rings. The number of rotatable bonds is 3. The predicted octanol–water partition coefficient (Wildman–Crippen LogP) is 5.49. The highest BCUT2D eigenvalue weighted by molar-refractivity contribution is 8.27. The average molecular weight is 482 g/mol. The van der Waals surface area contributed by atoms with Gasteiger partial charge >= 0.3 is 6.18 Å². The van der Waals surface area contributed by atoms with Gasteiger partial charge in [0.2, 0.25) is 10.2 Å². The van der Waals surface area contributed by atoms with E-state index in [-0.39, 0.29) is 22.5 Å². The van der Waals surface area contributed by atoms with Crippen LogP contribution < -0.4 is 0 Å². The van der Waals surface area contributed by atoms with Crippen LogP contribution in [0, 0.1) is 19.3 Å². The molecule has 1 N–H and O–H groups in total. The molecular weight excluding hydrogens is 463 g/mol. The number of aliphatic imine (C=N–C) groups is 1. The molecule has 2 aliphatic rings. The van der Waals surface area contributed by atoms with Gasteiger partial charge in [-0.05, 0) is 49.4 Å². The first-order valence-corrected chi connectivity index (χ1v) is 11.2. The molecule has 0 unspecified atom stereocenters. The first kappa shape index (κ1) is 22.1.